The normalized spacial score (nSPS) is 0. The molecule has 0 saturated heterocycles. The molecule has 0 aliphatic carbocycles. The number of rotatable bonds is 0. The molecule has 0 aromatic rings. The first-order chi connectivity index (χ1) is 0. The third-order valence-corrected chi connectivity index (χ3v) is 0. The third kappa shape index (κ3) is 13.7. The van der Waals surface area contributed by atoms with Gasteiger partial charge in [0.05, 0.1) is 0 Å². The molecule has 0 aliphatic heterocycles. The molecule has 0 rings (SSSR count). The average molecular weight is 137 g/mol. The second kappa shape index (κ2) is 44.3. The molecule has 0 unspecified atom stereocenters. The Balaban J connectivity index is 0. The maximum Gasteiger partial charge on any atom is 2.00 e. The Kier molecular flexibility index (Phi) is 1130. The Morgan fingerprint density at radius 1 is 0.750 bits per heavy atom. The smallest absolute Gasteiger partial charge is 1.00 e. The van der Waals surface area contributed by atoms with Gasteiger partial charge in [-0.1, -0.05) is 0 Å². The van der Waals surface area contributed by atoms with Crippen molar-refractivity contribution in [1.29, 1.82) is 0 Å². The van der Waals surface area contributed by atoms with Crippen LogP contribution in [0.4, 0.5) is 0 Å². The van der Waals surface area contributed by atoms with Crippen molar-refractivity contribution in [2.45, 2.75) is 0 Å². The van der Waals surface area contributed by atoms with E-state index in [0.717, 1.165) is 0 Å². The molecule has 0 aromatic carbocycles. The average Bonchev–Trinajstić information content (AvgIpc) is 0. The van der Waals surface area contributed by atoms with Crippen LogP contribution in [-0.2, 0) is 19.5 Å². The molecule has 2 nitrogen and oxygen atoms in total. The van der Waals surface area contributed by atoms with Gasteiger partial charge in [-0.15, -0.1) is 0 Å². The van der Waals surface area contributed by atoms with Crippen molar-refractivity contribution in [2.24, 2.45) is 0 Å². The quantitative estimate of drug-likeness (QED) is 0.301. The number of hydrogen-bond donors (Lipinski definition) is 0. The fraction of sp³-hybridized carbons (Fsp3) is 0. The zero-order valence-electron chi connectivity index (χ0n) is 2.09. The molecule has 0 aliphatic rings. The molecule has 0 atom stereocenters. The Morgan fingerprint density at radius 3 is 0.750 bits per heavy atom. The van der Waals surface area contributed by atoms with Gasteiger partial charge in [0, 0.05) is 0 Å². The minimum absolute atomic E-state index is 0. The molecule has 4 heavy (non-hydrogen) atoms. The van der Waals surface area contributed by atoms with E-state index in [2.05, 4.69) is 0 Å². The maximum atomic E-state index is 0. The van der Waals surface area contributed by atoms with E-state index in [0.29, 0.717) is 0 Å². The molecule has 24 valence electrons. The Morgan fingerprint density at radius 2 is 0.750 bits per heavy atom. The van der Waals surface area contributed by atoms with Crippen LogP contribution in [0.5, 0.6) is 0 Å². The monoisotopic (exact) mass is 135 g/mol. The van der Waals surface area contributed by atoms with E-state index in [-0.39, 0.29) is 42.8 Å². The first-order valence-corrected chi connectivity index (χ1v) is 0. The summed E-state index contributed by atoms with van der Waals surface area (Å²) in [6.07, 6.45) is 0. The van der Waals surface area contributed by atoms with E-state index in [1.807, 2.05) is 0 Å². The van der Waals surface area contributed by atoms with Crippen molar-refractivity contribution in [2.75, 3.05) is 0 Å². The number of hydrogen-bond acceptors (Lipinski definition) is 0. The van der Waals surface area contributed by atoms with Crippen LogP contribution < -0.4 is 12.4 Å². The van der Waals surface area contributed by atoms with Crippen LogP contribution in [0.2, 0.25) is 0 Å². The summed E-state index contributed by atoms with van der Waals surface area (Å²) in [6.45, 7) is 0. The second-order valence-corrected chi connectivity index (χ2v) is 0. The molecule has 0 aromatic heterocycles. The molecule has 0 spiro atoms. The molecule has 0 bridgehead atoms. The van der Waals surface area contributed by atoms with Gasteiger partial charge in [0.2, 0.25) is 0 Å². The van der Waals surface area contributed by atoms with E-state index in [1.54, 1.807) is 0 Å². The fourth-order valence-corrected chi connectivity index (χ4v) is 0. The predicted molar refractivity (Wildman–Crippen MR) is 7.23 cm³/mol. The van der Waals surface area contributed by atoms with Crippen LogP contribution in [0.25, 0.3) is 0 Å². The topological polar surface area (TPSA) is 63.0 Å². The summed E-state index contributed by atoms with van der Waals surface area (Å²) in [5, 5.41) is 0. The van der Waals surface area contributed by atoms with Gasteiger partial charge >= 0.3 is 19.5 Å². The van der Waals surface area contributed by atoms with E-state index in [1.165, 1.54) is 0 Å². The van der Waals surface area contributed by atoms with Gasteiger partial charge in [0.1, 0.15) is 0 Å². The van der Waals surface area contributed by atoms with E-state index < -0.39 is 0 Å². The predicted octanol–water partition coefficient (Wildman–Crippen LogP) is -4.65. The summed E-state index contributed by atoms with van der Waals surface area (Å²) in [5.41, 5.74) is 0. The van der Waals surface area contributed by atoms with Crippen molar-refractivity contribution in [1.82, 2.24) is 0 Å². The van der Waals surface area contributed by atoms with E-state index in [4.69, 9.17) is 0 Å². The maximum absolute atomic E-state index is 0. The SMILES string of the molecule is O.O.[Cl-].[Zn+2]. The Bertz CT molecular complexity index is 6.00. The van der Waals surface area contributed by atoms with Gasteiger partial charge in [-0.25, -0.2) is 0 Å². The van der Waals surface area contributed by atoms with Gasteiger partial charge in [-0.3, -0.25) is 0 Å². The van der Waals surface area contributed by atoms with Crippen molar-refractivity contribution >= 4 is 0 Å². The minimum atomic E-state index is 0. The molecular formula is H4ClO2Zn+. The molecule has 4 heteroatoms. The van der Waals surface area contributed by atoms with Gasteiger partial charge in [-0.2, -0.15) is 0 Å². The summed E-state index contributed by atoms with van der Waals surface area (Å²) < 4.78 is 0. The Labute approximate surface area is 43.4 Å². The third-order valence-electron chi connectivity index (χ3n) is 0. The summed E-state index contributed by atoms with van der Waals surface area (Å²) in [6, 6.07) is 0. The van der Waals surface area contributed by atoms with Crippen LogP contribution in [0.1, 0.15) is 0 Å². The zero-order chi connectivity index (χ0) is 0. The second-order valence-electron chi connectivity index (χ2n) is 0. The fourth-order valence-electron chi connectivity index (χ4n) is 0. The van der Waals surface area contributed by atoms with Crippen LogP contribution in [0, 0.1) is 0 Å². The van der Waals surface area contributed by atoms with Gasteiger partial charge in [0.15, 0.2) is 0 Å². The van der Waals surface area contributed by atoms with Crippen LogP contribution in [0.15, 0.2) is 0 Å². The number of halogens is 1. The molecule has 0 amide bonds. The van der Waals surface area contributed by atoms with Gasteiger partial charge < -0.3 is 23.4 Å². The standard InChI is InChI=1S/ClH.2H2O.Zn/h1H;2*1H2;/q;;;+2/p-1. The molecule has 0 radical (unpaired) electrons. The molecule has 0 fully saturated rings. The molecule has 4 N–H and O–H groups in total. The Hall–Kier alpha value is 0.833. The summed E-state index contributed by atoms with van der Waals surface area (Å²) >= 11 is 0. The molecule has 0 saturated carbocycles. The van der Waals surface area contributed by atoms with Crippen molar-refractivity contribution in [3.63, 3.8) is 0 Å². The first-order valence-electron chi connectivity index (χ1n) is 0. The van der Waals surface area contributed by atoms with Crippen LogP contribution in [0.3, 0.4) is 0 Å². The van der Waals surface area contributed by atoms with Crippen molar-refractivity contribution < 1.29 is 42.8 Å². The van der Waals surface area contributed by atoms with Crippen molar-refractivity contribution in [3.8, 4) is 0 Å². The van der Waals surface area contributed by atoms with Gasteiger partial charge in [0.25, 0.3) is 0 Å². The van der Waals surface area contributed by atoms with Crippen molar-refractivity contribution in [3.05, 3.63) is 0 Å². The minimum Gasteiger partial charge on any atom is -1.00 e. The first kappa shape index (κ1) is 102. The summed E-state index contributed by atoms with van der Waals surface area (Å²) in [5.74, 6) is 0. The van der Waals surface area contributed by atoms with E-state index >= 15 is 0 Å². The largest absolute Gasteiger partial charge is 2.00 e. The van der Waals surface area contributed by atoms with Gasteiger partial charge in [-0.05, 0) is 0 Å². The van der Waals surface area contributed by atoms with Crippen LogP contribution >= 0.6 is 0 Å². The molecule has 0 heterocycles. The van der Waals surface area contributed by atoms with Crippen LogP contribution in [-0.4, -0.2) is 11.0 Å². The molecular weight excluding hydrogens is 133 g/mol. The zero-order valence-corrected chi connectivity index (χ0v) is 5.81. The summed E-state index contributed by atoms with van der Waals surface area (Å²) in [4.78, 5) is 0. The van der Waals surface area contributed by atoms with E-state index in [9.17, 15) is 0 Å². The summed E-state index contributed by atoms with van der Waals surface area (Å²) in [7, 11) is 0.